The normalized spacial score (nSPS) is 16.7. The van der Waals surface area contributed by atoms with Crippen LogP contribution in [0.15, 0.2) is 34.2 Å². The van der Waals surface area contributed by atoms with E-state index in [4.69, 9.17) is 4.74 Å². The highest BCUT2D eigenvalue weighted by Crippen LogP contribution is 2.38. The van der Waals surface area contributed by atoms with Crippen LogP contribution in [0.3, 0.4) is 0 Å². The number of carbonyl (C=O) groups excluding carboxylic acids is 1. The Morgan fingerprint density at radius 1 is 1.29 bits per heavy atom. The van der Waals surface area contributed by atoms with E-state index >= 15 is 0 Å². The lowest BCUT2D eigenvalue weighted by Gasteiger charge is -2.26. The number of hydrogen-bond donors (Lipinski definition) is 2. The summed E-state index contributed by atoms with van der Waals surface area (Å²) in [5.41, 5.74) is 1.08. The van der Waals surface area contributed by atoms with E-state index in [0.717, 1.165) is 5.56 Å². The summed E-state index contributed by atoms with van der Waals surface area (Å²) in [4.78, 5) is 31.8. The number of hydrogen-bond acceptors (Lipinski definition) is 5. The summed E-state index contributed by atoms with van der Waals surface area (Å²) in [7, 11) is 0. The topological polar surface area (TPSA) is 84.1 Å². The van der Waals surface area contributed by atoms with E-state index in [-0.39, 0.29) is 29.9 Å². The largest absolute Gasteiger partial charge is 0.491 e. The first-order valence-electron chi connectivity index (χ1n) is 7.73. The summed E-state index contributed by atoms with van der Waals surface area (Å²) in [6, 6.07) is 7.52. The third-order valence-electron chi connectivity index (χ3n) is 3.78. The molecule has 0 spiro atoms. The van der Waals surface area contributed by atoms with Crippen LogP contribution in [0.4, 0.5) is 5.82 Å². The van der Waals surface area contributed by atoms with Crippen molar-refractivity contribution < 1.29 is 9.53 Å². The van der Waals surface area contributed by atoms with Gasteiger partial charge in [0.1, 0.15) is 11.6 Å². The predicted octanol–water partition coefficient (Wildman–Crippen LogP) is 2.75. The van der Waals surface area contributed by atoms with Gasteiger partial charge in [0.05, 0.1) is 11.7 Å². The van der Waals surface area contributed by atoms with Gasteiger partial charge in [0.15, 0.2) is 5.16 Å². The molecule has 6 nitrogen and oxygen atoms in total. The fourth-order valence-corrected chi connectivity index (χ4v) is 3.22. The number of ether oxygens (including phenoxy) is 1. The zero-order valence-corrected chi connectivity index (χ0v) is 14.6. The van der Waals surface area contributed by atoms with E-state index in [2.05, 4.69) is 15.3 Å². The Bertz CT molecular complexity index is 832. The smallest absolute Gasteiger partial charge is 0.257 e. The maximum absolute atomic E-state index is 12.6. The Morgan fingerprint density at radius 3 is 2.75 bits per heavy atom. The van der Waals surface area contributed by atoms with Gasteiger partial charge in [-0.25, -0.2) is 4.98 Å². The molecule has 1 atom stereocenters. The van der Waals surface area contributed by atoms with Gasteiger partial charge >= 0.3 is 0 Å². The molecule has 24 heavy (non-hydrogen) atoms. The molecule has 1 aromatic carbocycles. The van der Waals surface area contributed by atoms with Gasteiger partial charge in [-0.05, 0) is 26.2 Å². The third-order valence-corrected chi connectivity index (χ3v) is 4.36. The van der Waals surface area contributed by atoms with Crippen molar-refractivity contribution in [2.24, 2.45) is 0 Å². The molecule has 0 saturated carbocycles. The highest BCUT2D eigenvalue weighted by atomic mass is 32.2. The Hall–Kier alpha value is -2.28. The van der Waals surface area contributed by atoms with Crippen LogP contribution in [0.5, 0.6) is 5.75 Å². The lowest BCUT2D eigenvalue weighted by atomic mass is 9.86. The summed E-state index contributed by atoms with van der Waals surface area (Å²) in [6.07, 6.45) is 2.01. The lowest BCUT2D eigenvalue weighted by molar-refractivity contribution is -0.116. The number of carbonyl (C=O) groups is 1. The second-order valence-corrected chi connectivity index (χ2v) is 6.64. The Balaban J connectivity index is 2.15. The van der Waals surface area contributed by atoms with Crippen molar-refractivity contribution >= 4 is 23.5 Å². The van der Waals surface area contributed by atoms with E-state index in [9.17, 15) is 9.59 Å². The number of benzene rings is 1. The summed E-state index contributed by atoms with van der Waals surface area (Å²) < 4.78 is 5.87. The zero-order chi connectivity index (χ0) is 17.3. The standard InChI is InChI=1S/C17H19N3O3S/c1-9(2)23-12-7-5-4-6-10(12)11-8-13(21)18-15-14(11)16(22)20-17(19-15)24-3/h4-7,9,11H,8H2,1-3H3,(H2,18,19,20,21,22)/t11-/m1/s1. The van der Waals surface area contributed by atoms with Gasteiger partial charge in [-0.3, -0.25) is 9.59 Å². The fraction of sp³-hybridized carbons (Fsp3) is 0.353. The number of anilines is 1. The van der Waals surface area contributed by atoms with E-state index in [1.807, 2.05) is 44.4 Å². The number of nitrogens with zero attached hydrogens (tertiary/aromatic N) is 1. The number of thioether (sulfide) groups is 1. The van der Waals surface area contributed by atoms with Crippen molar-refractivity contribution in [2.45, 2.75) is 37.4 Å². The number of rotatable bonds is 4. The number of H-pyrrole nitrogens is 1. The van der Waals surface area contributed by atoms with Gasteiger partial charge in [-0.2, -0.15) is 0 Å². The average Bonchev–Trinajstić information content (AvgIpc) is 2.53. The molecule has 0 bridgehead atoms. The van der Waals surface area contributed by atoms with Crippen LogP contribution in [-0.2, 0) is 4.79 Å². The fourth-order valence-electron chi connectivity index (χ4n) is 2.84. The molecule has 0 radical (unpaired) electrons. The molecule has 1 amide bonds. The minimum absolute atomic E-state index is 0.00156. The predicted molar refractivity (Wildman–Crippen MR) is 93.9 cm³/mol. The van der Waals surface area contributed by atoms with Crippen LogP contribution < -0.4 is 15.6 Å². The Kier molecular flexibility index (Phi) is 4.62. The van der Waals surface area contributed by atoms with Crippen molar-refractivity contribution in [1.82, 2.24) is 9.97 Å². The Labute approximate surface area is 144 Å². The van der Waals surface area contributed by atoms with Crippen molar-refractivity contribution in [3.63, 3.8) is 0 Å². The number of aromatic amines is 1. The third kappa shape index (κ3) is 3.17. The van der Waals surface area contributed by atoms with Crippen LogP contribution in [0.1, 0.15) is 37.3 Å². The van der Waals surface area contributed by atoms with Crippen molar-refractivity contribution in [3.8, 4) is 5.75 Å². The average molecular weight is 345 g/mol. The second-order valence-electron chi connectivity index (χ2n) is 5.85. The molecule has 2 N–H and O–H groups in total. The van der Waals surface area contributed by atoms with Crippen LogP contribution in [0.2, 0.25) is 0 Å². The molecule has 126 valence electrons. The lowest BCUT2D eigenvalue weighted by Crippen LogP contribution is -2.31. The SMILES string of the molecule is CSc1nc2c(c(=O)[nH]1)[C@@H](c1ccccc1OC(C)C)CC(=O)N2. The van der Waals surface area contributed by atoms with Gasteiger partial charge in [0, 0.05) is 17.9 Å². The maximum Gasteiger partial charge on any atom is 0.257 e. The molecule has 2 aromatic rings. The summed E-state index contributed by atoms with van der Waals surface area (Å²) in [6.45, 7) is 3.88. The minimum Gasteiger partial charge on any atom is -0.491 e. The first kappa shape index (κ1) is 16.6. The van der Waals surface area contributed by atoms with Crippen molar-refractivity contribution in [3.05, 3.63) is 45.7 Å². The molecule has 0 saturated heterocycles. The molecule has 1 aliphatic rings. The van der Waals surface area contributed by atoms with Crippen LogP contribution >= 0.6 is 11.8 Å². The molecule has 0 fully saturated rings. The summed E-state index contributed by atoms with van der Waals surface area (Å²) in [5, 5.41) is 3.19. The van der Waals surface area contributed by atoms with E-state index in [0.29, 0.717) is 22.3 Å². The monoisotopic (exact) mass is 345 g/mol. The van der Waals surface area contributed by atoms with Crippen molar-refractivity contribution in [1.29, 1.82) is 0 Å². The number of fused-ring (bicyclic) bond motifs is 1. The van der Waals surface area contributed by atoms with Crippen molar-refractivity contribution in [2.75, 3.05) is 11.6 Å². The van der Waals surface area contributed by atoms with E-state index in [1.54, 1.807) is 0 Å². The molecular weight excluding hydrogens is 326 g/mol. The summed E-state index contributed by atoms with van der Waals surface area (Å²) in [5.74, 6) is 0.489. The molecule has 3 rings (SSSR count). The second kappa shape index (κ2) is 6.68. The van der Waals surface area contributed by atoms with E-state index < -0.39 is 0 Å². The van der Waals surface area contributed by atoms with Gasteiger partial charge < -0.3 is 15.0 Å². The minimum atomic E-state index is -0.379. The first-order valence-corrected chi connectivity index (χ1v) is 8.95. The maximum atomic E-state index is 12.6. The highest BCUT2D eigenvalue weighted by molar-refractivity contribution is 7.98. The van der Waals surface area contributed by atoms with Crippen LogP contribution in [-0.4, -0.2) is 28.2 Å². The first-order chi connectivity index (χ1) is 11.5. The van der Waals surface area contributed by atoms with Crippen LogP contribution in [0.25, 0.3) is 0 Å². The van der Waals surface area contributed by atoms with Crippen LogP contribution in [0, 0.1) is 0 Å². The Morgan fingerprint density at radius 2 is 2.04 bits per heavy atom. The van der Waals surface area contributed by atoms with Gasteiger partial charge in [-0.1, -0.05) is 30.0 Å². The van der Waals surface area contributed by atoms with E-state index in [1.165, 1.54) is 11.8 Å². The molecule has 0 aliphatic carbocycles. The quantitative estimate of drug-likeness (QED) is 0.657. The number of nitrogens with one attached hydrogen (secondary N) is 2. The molecule has 1 aliphatic heterocycles. The molecular formula is C17H19N3O3S. The zero-order valence-electron chi connectivity index (χ0n) is 13.8. The number of amides is 1. The molecule has 1 aromatic heterocycles. The van der Waals surface area contributed by atoms with Gasteiger partial charge in [-0.15, -0.1) is 0 Å². The number of aromatic nitrogens is 2. The van der Waals surface area contributed by atoms with Gasteiger partial charge in [0.2, 0.25) is 5.91 Å². The highest BCUT2D eigenvalue weighted by Gasteiger charge is 2.32. The molecule has 0 unspecified atom stereocenters. The summed E-state index contributed by atoms with van der Waals surface area (Å²) >= 11 is 1.32. The van der Waals surface area contributed by atoms with Gasteiger partial charge in [0.25, 0.3) is 5.56 Å². The number of para-hydroxylation sites is 1. The molecule has 7 heteroatoms. The molecule has 2 heterocycles.